The van der Waals surface area contributed by atoms with E-state index in [0.717, 1.165) is 16.9 Å². The molecule has 3 aromatic rings. The molecular weight excluding hydrogens is 287 g/mol. The van der Waals surface area contributed by atoms with E-state index in [4.69, 9.17) is 11.6 Å². The predicted octanol–water partition coefficient (Wildman–Crippen LogP) is 4.31. The third-order valence-electron chi connectivity index (χ3n) is 3.70. The lowest BCUT2D eigenvalue weighted by molar-refractivity contribution is 0.628. The number of aryl methyl sites for hydroxylation is 2. The molecule has 0 bridgehead atoms. The summed E-state index contributed by atoms with van der Waals surface area (Å²) in [4.78, 5) is 4.58. The molecule has 0 saturated heterocycles. The summed E-state index contributed by atoms with van der Waals surface area (Å²) in [7, 11) is 0. The lowest BCUT2D eigenvalue weighted by Gasteiger charge is -2.11. The first-order chi connectivity index (χ1) is 10.2. The summed E-state index contributed by atoms with van der Waals surface area (Å²) in [6, 6.07) is 12.9. The normalized spacial score (nSPS) is 11.2. The Morgan fingerprint density at radius 3 is 2.76 bits per heavy atom. The van der Waals surface area contributed by atoms with Crippen molar-refractivity contribution in [3.63, 3.8) is 0 Å². The molecule has 0 unspecified atom stereocenters. The van der Waals surface area contributed by atoms with Crippen LogP contribution in [0.2, 0.25) is 0 Å². The van der Waals surface area contributed by atoms with Crippen molar-refractivity contribution in [3.8, 4) is 0 Å². The zero-order valence-corrected chi connectivity index (χ0v) is 12.6. The highest BCUT2D eigenvalue weighted by molar-refractivity contribution is 6.17. The van der Waals surface area contributed by atoms with Crippen molar-refractivity contribution < 1.29 is 4.39 Å². The van der Waals surface area contributed by atoms with E-state index < -0.39 is 0 Å². The zero-order valence-electron chi connectivity index (χ0n) is 11.8. The Morgan fingerprint density at radius 2 is 2.00 bits per heavy atom. The molecule has 0 amide bonds. The number of fused-ring (bicyclic) bond motifs is 1. The summed E-state index contributed by atoms with van der Waals surface area (Å²) < 4.78 is 15.6. The molecule has 1 aromatic heterocycles. The number of hydrogen-bond acceptors (Lipinski definition) is 1. The molecule has 0 radical (unpaired) electrons. The van der Waals surface area contributed by atoms with Crippen LogP contribution in [-0.2, 0) is 13.0 Å². The van der Waals surface area contributed by atoms with Gasteiger partial charge >= 0.3 is 0 Å². The number of alkyl halides is 1. The van der Waals surface area contributed by atoms with Gasteiger partial charge in [0.1, 0.15) is 11.6 Å². The minimum atomic E-state index is -0.245. The first-order valence-electron chi connectivity index (χ1n) is 6.94. The van der Waals surface area contributed by atoms with Gasteiger partial charge in [-0.25, -0.2) is 9.37 Å². The SMILES string of the molecule is Cc1ccccc1Cn1c(CCCl)nc2ccc(F)cc21. The Kier molecular flexibility index (Phi) is 3.93. The van der Waals surface area contributed by atoms with Gasteiger partial charge in [-0.05, 0) is 36.2 Å². The monoisotopic (exact) mass is 302 g/mol. The maximum absolute atomic E-state index is 13.6. The minimum Gasteiger partial charge on any atom is -0.323 e. The van der Waals surface area contributed by atoms with Gasteiger partial charge in [0, 0.05) is 18.8 Å². The van der Waals surface area contributed by atoms with Gasteiger partial charge in [-0.1, -0.05) is 24.3 Å². The standard InChI is InChI=1S/C17H16ClFN2/c1-12-4-2-3-5-13(12)11-21-16-10-14(19)6-7-15(16)20-17(21)8-9-18/h2-7,10H,8-9,11H2,1H3. The number of imidazole rings is 1. The maximum atomic E-state index is 13.6. The van der Waals surface area contributed by atoms with E-state index in [1.807, 2.05) is 12.1 Å². The van der Waals surface area contributed by atoms with Crippen molar-refractivity contribution in [1.82, 2.24) is 9.55 Å². The van der Waals surface area contributed by atoms with Crippen molar-refractivity contribution in [2.75, 3.05) is 5.88 Å². The van der Waals surface area contributed by atoms with Gasteiger partial charge in [-0.3, -0.25) is 0 Å². The van der Waals surface area contributed by atoms with E-state index >= 15 is 0 Å². The lowest BCUT2D eigenvalue weighted by atomic mass is 10.1. The highest BCUT2D eigenvalue weighted by Crippen LogP contribution is 2.21. The van der Waals surface area contributed by atoms with Gasteiger partial charge in [-0.2, -0.15) is 0 Å². The van der Waals surface area contributed by atoms with Crippen molar-refractivity contribution in [3.05, 3.63) is 65.2 Å². The number of aromatic nitrogens is 2. The minimum absolute atomic E-state index is 0.245. The molecule has 0 aliphatic heterocycles. The number of halogens is 2. The summed E-state index contributed by atoms with van der Waals surface area (Å²) in [6.45, 7) is 2.76. The van der Waals surface area contributed by atoms with Gasteiger partial charge in [0.25, 0.3) is 0 Å². The Morgan fingerprint density at radius 1 is 1.19 bits per heavy atom. The lowest BCUT2D eigenvalue weighted by Crippen LogP contribution is -2.07. The van der Waals surface area contributed by atoms with E-state index in [1.165, 1.54) is 17.2 Å². The first kappa shape index (κ1) is 14.1. The summed E-state index contributed by atoms with van der Waals surface area (Å²) in [6.07, 6.45) is 0.670. The molecule has 0 atom stereocenters. The second kappa shape index (κ2) is 5.86. The fraction of sp³-hybridized carbons (Fsp3) is 0.235. The fourth-order valence-electron chi connectivity index (χ4n) is 2.56. The van der Waals surface area contributed by atoms with Gasteiger partial charge in [0.15, 0.2) is 0 Å². The summed E-state index contributed by atoms with van der Waals surface area (Å²) in [5, 5.41) is 0. The Hall–Kier alpha value is -1.87. The van der Waals surface area contributed by atoms with E-state index in [-0.39, 0.29) is 5.82 Å². The van der Waals surface area contributed by atoms with Crippen LogP contribution >= 0.6 is 11.6 Å². The van der Waals surface area contributed by atoms with Crippen molar-refractivity contribution in [2.24, 2.45) is 0 Å². The van der Waals surface area contributed by atoms with E-state index in [2.05, 4.69) is 28.6 Å². The smallest absolute Gasteiger partial charge is 0.125 e. The maximum Gasteiger partial charge on any atom is 0.125 e. The quantitative estimate of drug-likeness (QED) is 0.657. The zero-order chi connectivity index (χ0) is 14.8. The molecule has 0 saturated carbocycles. The molecule has 108 valence electrons. The molecular formula is C17H16ClFN2. The van der Waals surface area contributed by atoms with Crippen LogP contribution < -0.4 is 0 Å². The van der Waals surface area contributed by atoms with Crippen LogP contribution in [0.3, 0.4) is 0 Å². The van der Waals surface area contributed by atoms with Gasteiger partial charge in [0.2, 0.25) is 0 Å². The Bertz CT molecular complexity index is 780. The third kappa shape index (κ3) is 2.79. The highest BCUT2D eigenvalue weighted by Gasteiger charge is 2.12. The molecule has 0 N–H and O–H groups in total. The topological polar surface area (TPSA) is 17.8 Å². The van der Waals surface area contributed by atoms with Crippen molar-refractivity contribution in [1.29, 1.82) is 0 Å². The fourth-order valence-corrected chi connectivity index (χ4v) is 2.72. The summed E-state index contributed by atoms with van der Waals surface area (Å²) in [5.41, 5.74) is 4.05. The second-order valence-electron chi connectivity index (χ2n) is 5.11. The first-order valence-corrected chi connectivity index (χ1v) is 7.47. The van der Waals surface area contributed by atoms with Crippen LogP contribution in [-0.4, -0.2) is 15.4 Å². The molecule has 2 nitrogen and oxygen atoms in total. The van der Waals surface area contributed by atoms with Crippen LogP contribution in [0.1, 0.15) is 17.0 Å². The van der Waals surface area contributed by atoms with Crippen molar-refractivity contribution in [2.45, 2.75) is 19.9 Å². The molecule has 0 fully saturated rings. The molecule has 0 spiro atoms. The van der Waals surface area contributed by atoms with Crippen LogP contribution in [0.5, 0.6) is 0 Å². The molecule has 3 rings (SSSR count). The molecule has 2 aromatic carbocycles. The summed E-state index contributed by atoms with van der Waals surface area (Å²) >= 11 is 5.87. The molecule has 21 heavy (non-hydrogen) atoms. The molecule has 1 heterocycles. The number of rotatable bonds is 4. The molecule has 0 aliphatic carbocycles. The van der Waals surface area contributed by atoms with Gasteiger partial charge in [0.05, 0.1) is 11.0 Å². The predicted molar refractivity (Wildman–Crippen MR) is 84.4 cm³/mol. The van der Waals surface area contributed by atoms with Gasteiger partial charge in [-0.15, -0.1) is 11.6 Å². The Balaban J connectivity index is 2.12. The van der Waals surface area contributed by atoms with Crippen LogP contribution in [0.4, 0.5) is 4.39 Å². The molecule has 0 aliphatic rings. The number of benzene rings is 2. The number of nitrogens with zero attached hydrogens (tertiary/aromatic N) is 2. The van der Waals surface area contributed by atoms with E-state index in [1.54, 1.807) is 12.1 Å². The molecule has 4 heteroatoms. The summed E-state index contributed by atoms with van der Waals surface area (Å²) in [5.74, 6) is 1.15. The van der Waals surface area contributed by atoms with E-state index in [0.29, 0.717) is 18.8 Å². The average Bonchev–Trinajstić information content (AvgIpc) is 2.79. The largest absolute Gasteiger partial charge is 0.323 e. The van der Waals surface area contributed by atoms with Gasteiger partial charge < -0.3 is 4.57 Å². The highest BCUT2D eigenvalue weighted by atomic mass is 35.5. The van der Waals surface area contributed by atoms with E-state index in [9.17, 15) is 4.39 Å². The second-order valence-corrected chi connectivity index (χ2v) is 5.49. The number of hydrogen-bond donors (Lipinski definition) is 0. The Labute approximate surface area is 128 Å². The third-order valence-corrected chi connectivity index (χ3v) is 3.89. The van der Waals surface area contributed by atoms with Crippen molar-refractivity contribution >= 4 is 22.6 Å². The van der Waals surface area contributed by atoms with Crippen LogP contribution in [0, 0.1) is 12.7 Å². The van der Waals surface area contributed by atoms with Crippen LogP contribution in [0.15, 0.2) is 42.5 Å². The average molecular weight is 303 g/mol. The van der Waals surface area contributed by atoms with Crippen LogP contribution in [0.25, 0.3) is 11.0 Å².